The first-order chi connectivity index (χ1) is 11.2. The van der Waals surface area contributed by atoms with E-state index in [0.29, 0.717) is 10.5 Å². The molecule has 24 heavy (non-hydrogen) atoms. The van der Waals surface area contributed by atoms with Crippen LogP contribution in [0.5, 0.6) is 0 Å². The van der Waals surface area contributed by atoms with Gasteiger partial charge in [0.2, 0.25) is 0 Å². The number of amides is 1. The number of aliphatic carboxylic acids is 1. The molecule has 5 nitrogen and oxygen atoms in total. The number of alkyl carbamates (subject to hydrolysis) is 1. The molecule has 0 unspecified atom stereocenters. The summed E-state index contributed by atoms with van der Waals surface area (Å²) in [5, 5.41) is 11.7. The van der Waals surface area contributed by atoms with Crippen LogP contribution in [0.1, 0.15) is 66.2 Å². The Hall–Kier alpha value is -0.560. The van der Waals surface area contributed by atoms with Gasteiger partial charge in [0.05, 0.1) is 4.08 Å². The molecule has 1 saturated heterocycles. The number of unbranched alkanes of at least 4 members (excludes halogenated alkanes) is 2. The van der Waals surface area contributed by atoms with Crippen LogP contribution in [0.4, 0.5) is 4.79 Å². The second-order valence-electron chi connectivity index (χ2n) is 7.10. The maximum Gasteiger partial charge on any atom is 0.408 e. The summed E-state index contributed by atoms with van der Waals surface area (Å²) in [6.45, 7) is 7.51. The third-order valence-electron chi connectivity index (χ3n) is 3.89. The molecule has 0 aromatic heterocycles. The standard InChI is InChI=1S/C17H31NO4S2/c1-5-17(23-11-12-24-17)10-8-6-7-9-13(14(19)20)18-15(21)22-16(2,3)4/h13H,5-12H2,1-4H3,(H,18,21)(H,19,20)/t13-/m0/s1. The van der Waals surface area contributed by atoms with Gasteiger partial charge in [0.1, 0.15) is 11.6 Å². The van der Waals surface area contributed by atoms with Crippen molar-refractivity contribution in [1.29, 1.82) is 0 Å². The van der Waals surface area contributed by atoms with E-state index in [-0.39, 0.29) is 0 Å². The quantitative estimate of drug-likeness (QED) is 0.576. The van der Waals surface area contributed by atoms with Crippen LogP contribution in [0.2, 0.25) is 0 Å². The number of carboxylic acids is 1. The highest BCUT2D eigenvalue weighted by molar-refractivity contribution is 8.21. The van der Waals surface area contributed by atoms with Crippen LogP contribution in [0.15, 0.2) is 0 Å². The molecule has 1 aliphatic rings. The first kappa shape index (κ1) is 21.5. The fourth-order valence-electron chi connectivity index (χ4n) is 2.65. The lowest BCUT2D eigenvalue weighted by molar-refractivity contribution is -0.139. The van der Waals surface area contributed by atoms with Crippen molar-refractivity contribution in [3.63, 3.8) is 0 Å². The Bertz CT molecular complexity index is 417. The zero-order valence-electron chi connectivity index (χ0n) is 15.2. The van der Waals surface area contributed by atoms with Gasteiger partial charge < -0.3 is 15.2 Å². The number of rotatable bonds is 9. The number of nitrogens with one attached hydrogen (secondary N) is 1. The molecule has 2 N–H and O–H groups in total. The van der Waals surface area contributed by atoms with E-state index in [1.165, 1.54) is 24.3 Å². The van der Waals surface area contributed by atoms with Gasteiger partial charge >= 0.3 is 12.1 Å². The molecule has 1 atom stereocenters. The van der Waals surface area contributed by atoms with Crippen molar-refractivity contribution in [2.24, 2.45) is 0 Å². The van der Waals surface area contributed by atoms with E-state index >= 15 is 0 Å². The number of carbonyl (C=O) groups is 2. The van der Waals surface area contributed by atoms with E-state index in [4.69, 9.17) is 4.74 Å². The number of ether oxygens (including phenoxy) is 1. The maximum atomic E-state index is 11.7. The third kappa shape index (κ3) is 8.01. The largest absolute Gasteiger partial charge is 0.480 e. The SMILES string of the molecule is CCC1(CCCCC[C@H](NC(=O)OC(C)(C)C)C(=O)O)SCCS1. The molecule has 0 saturated carbocycles. The molecule has 0 spiro atoms. The summed E-state index contributed by atoms with van der Waals surface area (Å²) in [4.78, 5) is 23.0. The zero-order chi connectivity index (χ0) is 18.2. The molecule has 0 radical (unpaired) electrons. The van der Waals surface area contributed by atoms with E-state index in [2.05, 4.69) is 35.8 Å². The van der Waals surface area contributed by atoms with Crippen LogP contribution in [0.25, 0.3) is 0 Å². The third-order valence-corrected chi connectivity index (χ3v) is 7.71. The van der Waals surface area contributed by atoms with E-state index in [1.54, 1.807) is 20.8 Å². The molecule has 0 aliphatic carbocycles. The van der Waals surface area contributed by atoms with Crippen LogP contribution >= 0.6 is 23.5 Å². The summed E-state index contributed by atoms with van der Waals surface area (Å²) in [6.07, 6.45) is 5.01. The van der Waals surface area contributed by atoms with E-state index in [0.717, 1.165) is 19.3 Å². The topological polar surface area (TPSA) is 75.6 Å². The predicted octanol–water partition coefficient (Wildman–Crippen LogP) is 4.50. The molecular formula is C17H31NO4S2. The van der Waals surface area contributed by atoms with Crippen LogP contribution in [-0.2, 0) is 9.53 Å². The lowest BCUT2D eigenvalue weighted by atomic mass is 10.1. The highest BCUT2D eigenvalue weighted by atomic mass is 32.2. The average Bonchev–Trinajstić information content (AvgIpc) is 2.93. The van der Waals surface area contributed by atoms with E-state index in [1.807, 2.05) is 0 Å². The monoisotopic (exact) mass is 377 g/mol. The Morgan fingerprint density at radius 2 is 1.83 bits per heavy atom. The van der Waals surface area contributed by atoms with Gasteiger partial charge in [-0.2, -0.15) is 0 Å². The number of hydrogen-bond donors (Lipinski definition) is 2. The lowest BCUT2D eigenvalue weighted by Crippen LogP contribution is -2.43. The maximum absolute atomic E-state index is 11.7. The molecule has 0 aromatic carbocycles. The highest BCUT2D eigenvalue weighted by Gasteiger charge is 2.32. The van der Waals surface area contributed by atoms with Gasteiger partial charge in [-0.05, 0) is 40.0 Å². The van der Waals surface area contributed by atoms with Crippen molar-refractivity contribution in [3.8, 4) is 0 Å². The Morgan fingerprint density at radius 1 is 1.21 bits per heavy atom. The molecule has 1 amide bonds. The minimum absolute atomic E-state index is 0.376. The summed E-state index contributed by atoms with van der Waals surface area (Å²) in [5.74, 6) is 1.46. The Balaban J connectivity index is 2.29. The minimum Gasteiger partial charge on any atom is -0.480 e. The summed E-state index contributed by atoms with van der Waals surface area (Å²) in [5.41, 5.74) is -0.627. The number of thioether (sulfide) groups is 2. The first-order valence-corrected chi connectivity index (χ1v) is 10.6. The Morgan fingerprint density at radius 3 is 2.33 bits per heavy atom. The van der Waals surface area contributed by atoms with Gasteiger partial charge in [0.25, 0.3) is 0 Å². The Labute approximate surface area is 154 Å². The lowest BCUT2D eigenvalue weighted by Gasteiger charge is -2.25. The van der Waals surface area contributed by atoms with Crippen LogP contribution in [0.3, 0.4) is 0 Å². The minimum atomic E-state index is -1.01. The number of hydrogen-bond acceptors (Lipinski definition) is 5. The van der Waals surface area contributed by atoms with Gasteiger partial charge in [-0.25, -0.2) is 9.59 Å². The fourth-order valence-corrected chi connectivity index (χ4v) is 5.88. The van der Waals surface area contributed by atoms with Gasteiger partial charge in [-0.3, -0.25) is 0 Å². The molecule has 1 fully saturated rings. The van der Waals surface area contributed by atoms with E-state index < -0.39 is 23.7 Å². The second kappa shape index (κ2) is 9.80. The van der Waals surface area contributed by atoms with Crippen molar-refractivity contribution >= 4 is 35.6 Å². The van der Waals surface area contributed by atoms with Gasteiger partial charge in [-0.1, -0.05) is 26.2 Å². The first-order valence-electron chi connectivity index (χ1n) is 8.68. The average molecular weight is 378 g/mol. The predicted molar refractivity (Wildman–Crippen MR) is 102 cm³/mol. The molecule has 1 heterocycles. The summed E-state index contributed by atoms with van der Waals surface area (Å²) < 4.78 is 5.50. The van der Waals surface area contributed by atoms with Gasteiger partial charge in [0.15, 0.2) is 0 Å². The molecule has 0 aromatic rings. The van der Waals surface area contributed by atoms with Crippen LogP contribution < -0.4 is 5.32 Å². The van der Waals surface area contributed by atoms with Crippen LogP contribution in [-0.4, -0.2) is 44.4 Å². The molecule has 0 bridgehead atoms. The molecule has 140 valence electrons. The van der Waals surface area contributed by atoms with Crippen molar-refractivity contribution in [2.45, 2.75) is 81.9 Å². The molecule has 1 aliphatic heterocycles. The number of carbonyl (C=O) groups excluding carboxylic acids is 1. The molecule has 1 rings (SSSR count). The second-order valence-corrected chi connectivity index (χ2v) is 10.3. The van der Waals surface area contributed by atoms with E-state index in [9.17, 15) is 14.7 Å². The molecular weight excluding hydrogens is 346 g/mol. The van der Waals surface area contributed by atoms with Crippen molar-refractivity contribution in [2.75, 3.05) is 11.5 Å². The van der Waals surface area contributed by atoms with Crippen molar-refractivity contribution < 1.29 is 19.4 Å². The number of carboxylic acid groups (broad SMARTS) is 1. The normalized spacial score (nSPS) is 18.2. The zero-order valence-corrected chi connectivity index (χ0v) is 16.9. The van der Waals surface area contributed by atoms with Crippen LogP contribution in [0, 0.1) is 0 Å². The smallest absolute Gasteiger partial charge is 0.408 e. The summed E-state index contributed by atoms with van der Waals surface area (Å²) in [6, 6.07) is -0.879. The summed E-state index contributed by atoms with van der Waals surface area (Å²) >= 11 is 4.14. The van der Waals surface area contributed by atoms with Gasteiger partial charge in [-0.15, -0.1) is 23.5 Å². The summed E-state index contributed by atoms with van der Waals surface area (Å²) in [7, 11) is 0. The van der Waals surface area contributed by atoms with Crippen molar-refractivity contribution in [3.05, 3.63) is 0 Å². The Kier molecular flexibility index (Phi) is 8.77. The fraction of sp³-hybridized carbons (Fsp3) is 0.882. The molecule has 7 heteroatoms. The van der Waals surface area contributed by atoms with Gasteiger partial charge in [0, 0.05) is 11.5 Å². The van der Waals surface area contributed by atoms with Crippen molar-refractivity contribution in [1.82, 2.24) is 5.32 Å². The highest BCUT2D eigenvalue weighted by Crippen LogP contribution is 2.49.